The minimum Gasteiger partial charge on any atom is -0.444 e. The molecule has 1 aromatic heterocycles. The van der Waals surface area contributed by atoms with Crippen LogP contribution in [-0.4, -0.2) is 21.2 Å². The van der Waals surface area contributed by atoms with Crippen molar-refractivity contribution in [2.75, 3.05) is 5.32 Å². The van der Waals surface area contributed by atoms with Gasteiger partial charge >= 0.3 is 6.09 Å². The average molecular weight is 313 g/mol. The molecule has 0 bridgehead atoms. The van der Waals surface area contributed by atoms with Crippen molar-refractivity contribution in [2.45, 2.75) is 52.2 Å². The number of nitrogens with one attached hydrogen (secondary N) is 1. The van der Waals surface area contributed by atoms with Gasteiger partial charge in [0.05, 0.1) is 5.69 Å². The van der Waals surface area contributed by atoms with E-state index < -0.39 is 11.7 Å². The highest BCUT2D eigenvalue weighted by atomic mass is 16.6. The third-order valence-corrected chi connectivity index (χ3v) is 3.73. The number of nitrogens with zero attached hydrogens (tertiary/aromatic N) is 2. The van der Waals surface area contributed by atoms with Crippen molar-refractivity contribution < 1.29 is 9.53 Å². The molecular formula is C18H23N3O2. The second kappa shape index (κ2) is 6.07. The molecule has 0 saturated carbocycles. The summed E-state index contributed by atoms with van der Waals surface area (Å²) in [6.07, 6.45) is 5.17. The maximum atomic E-state index is 11.8. The number of aromatic nitrogens is 2. The molecule has 0 aliphatic carbocycles. The third-order valence-electron chi connectivity index (χ3n) is 3.73. The number of hydrogen-bond donors (Lipinski definition) is 1. The van der Waals surface area contributed by atoms with Crippen molar-refractivity contribution in [1.82, 2.24) is 9.55 Å². The molecule has 0 spiro atoms. The van der Waals surface area contributed by atoms with Gasteiger partial charge in [-0.1, -0.05) is 12.1 Å². The molecule has 1 amide bonds. The van der Waals surface area contributed by atoms with Gasteiger partial charge in [0.25, 0.3) is 0 Å². The number of anilines is 1. The lowest BCUT2D eigenvalue weighted by molar-refractivity contribution is 0.0636. The number of carbonyl (C=O) groups excluding carboxylic acids is 1. The highest BCUT2D eigenvalue weighted by Crippen LogP contribution is 2.24. The van der Waals surface area contributed by atoms with Gasteiger partial charge in [-0.25, -0.2) is 9.78 Å². The van der Waals surface area contributed by atoms with Crippen molar-refractivity contribution >= 4 is 11.8 Å². The smallest absolute Gasteiger partial charge is 0.412 e. The molecule has 0 saturated heterocycles. The van der Waals surface area contributed by atoms with Crippen LogP contribution in [0, 0.1) is 0 Å². The maximum Gasteiger partial charge on any atom is 0.412 e. The van der Waals surface area contributed by atoms with Gasteiger partial charge in [-0.05, 0) is 45.7 Å². The summed E-state index contributed by atoms with van der Waals surface area (Å²) in [5.41, 5.74) is 2.26. The summed E-state index contributed by atoms with van der Waals surface area (Å²) in [5.74, 6) is 1.17. The van der Waals surface area contributed by atoms with E-state index in [2.05, 4.69) is 16.1 Å². The fraction of sp³-hybridized carbons (Fsp3) is 0.444. The largest absolute Gasteiger partial charge is 0.444 e. The number of carbonyl (C=O) groups is 1. The summed E-state index contributed by atoms with van der Waals surface area (Å²) in [5, 5.41) is 2.74. The Morgan fingerprint density at radius 1 is 1.22 bits per heavy atom. The first kappa shape index (κ1) is 15.6. The second-order valence-electron chi connectivity index (χ2n) is 6.90. The zero-order chi connectivity index (χ0) is 16.4. The predicted octanol–water partition coefficient (Wildman–Crippen LogP) is 4.23. The van der Waals surface area contributed by atoms with Crippen LogP contribution < -0.4 is 5.32 Å². The molecule has 1 aromatic carbocycles. The van der Waals surface area contributed by atoms with Crippen LogP contribution in [0.25, 0.3) is 11.3 Å². The van der Waals surface area contributed by atoms with E-state index in [4.69, 9.17) is 9.72 Å². The normalized spacial score (nSPS) is 14.2. The SMILES string of the molecule is CC(C)(C)OC(=O)Nc1ccc(-c2cn3c(n2)CCCC3)cc1. The van der Waals surface area contributed by atoms with Crippen molar-refractivity contribution in [3.05, 3.63) is 36.3 Å². The number of fused-ring (bicyclic) bond motifs is 1. The van der Waals surface area contributed by atoms with Crippen molar-refractivity contribution in [3.63, 3.8) is 0 Å². The van der Waals surface area contributed by atoms with Crippen molar-refractivity contribution in [2.24, 2.45) is 0 Å². The van der Waals surface area contributed by atoms with Crippen LogP contribution in [0.4, 0.5) is 10.5 Å². The molecule has 0 unspecified atom stereocenters. The quantitative estimate of drug-likeness (QED) is 0.902. The van der Waals surface area contributed by atoms with Crippen LogP contribution in [0.5, 0.6) is 0 Å². The lowest BCUT2D eigenvalue weighted by Gasteiger charge is -2.19. The minimum absolute atomic E-state index is 0.442. The molecule has 122 valence electrons. The van der Waals surface area contributed by atoms with Gasteiger partial charge in [0, 0.05) is 30.4 Å². The molecule has 5 heteroatoms. The van der Waals surface area contributed by atoms with Crippen molar-refractivity contribution in [1.29, 1.82) is 0 Å². The lowest BCUT2D eigenvalue weighted by atomic mass is 10.1. The first-order chi connectivity index (χ1) is 10.9. The van der Waals surface area contributed by atoms with Gasteiger partial charge in [0.1, 0.15) is 11.4 Å². The zero-order valence-corrected chi connectivity index (χ0v) is 13.9. The molecule has 5 nitrogen and oxygen atoms in total. The molecular weight excluding hydrogens is 290 g/mol. The van der Waals surface area contributed by atoms with Gasteiger partial charge in [0.2, 0.25) is 0 Å². The number of aryl methyl sites for hydroxylation is 2. The Bertz CT molecular complexity index is 673. The number of hydrogen-bond acceptors (Lipinski definition) is 3. The Morgan fingerprint density at radius 3 is 2.61 bits per heavy atom. The van der Waals surface area contributed by atoms with E-state index in [9.17, 15) is 4.79 Å². The summed E-state index contributed by atoms with van der Waals surface area (Å²) in [4.78, 5) is 16.5. The standard InChI is InChI=1S/C18H23N3O2/c1-18(2,3)23-17(22)19-14-9-7-13(8-10-14)15-12-21-11-5-4-6-16(21)20-15/h7-10,12H,4-6,11H2,1-3H3,(H,19,22). The fourth-order valence-corrected chi connectivity index (χ4v) is 2.70. The van der Waals surface area contributed by atoms with Crippen LogP contribution in [0.3, 0.4) is 0 Å². The topological polar surface area (TPSA) is 56.1 Å². The van der Waals surface area contributed by atoms with Crippen LogP contribution in [0.1, 0.15) is 39.4 Å². The molecule has 0 fully saturated rings. The zero-order valence-electron chi connectivity index (χ0n) is 13.9. The van der Waals surface area contributed by atoms with E-state index in [0.717, 1.165) is 24.2 Å². The molecule has 0 atom stereocenters. The lowest BCUT2D eigenvalue weighted by Crippen LogP contribution is -2.27. The summed E-state index contributed by atoms with van der Waals surface area (Å²) in [6.45, 7) is 6.59. The first-order valence-electron chi connectivity index (χ1n) is 8.07. The van der Waals surface area contributed by atoms with E-state index in [1.807, 2.05) is 45.0 Å². The number of amides is 1. The Morgan fingerprint density at radius 2 is 1.96 bits per heavy atom. The number of rotatable bonds is 2. The summed E-state index contributed by atoms with van der Waals surface area (Å²) in [7, 11) is 0. The van der Waals surface area contributed by atoms with Crippen LogP contribution in [0.15, 0.2) is 30.5 Å². The van der Waals surface area contributed by atoms with Crippen LogP contribution >= 0.6 is 0 Å². The molecule has 1 aliphatic heterocycles. The molecule has 0 radical (unpaired) electrons. The van der Waals surface area contributed by atoms with E-state index in [0.29, 0.717) is 5.69 Å². The van der Waals surface area contributed by atoms with E-state index >= 15 is 0 Å². The highest BCUT2D eigenvalue weighted by Gasteiger charge is 2.16. The second-order valence-corrected chi connectivity index (χ2v) is 6.90. The highest BCUT2D eigenvalue weighted by molar-refractivity contribution is 5.85. The van der Waals surface area contributed by atoms with Crippen LogP contribution in [0.2, 0.25) is 0 Å². The summed E-state index contributed by atoms with van der Waals surface area (Å²) in [6, 6.07) is 7.69. The maximum absolute atomic E-state index is 11.8. The van der Waals surface area contributed by atoms with Crippen molar-refractivity contribution in [3.8, 4) is 11.3 Å². The molecule has 2 aromatic rings. The Balaban J connectivity index is 1.69. The van der Waals surface area contributed by atoms with Gasteiger partial charge in [0.15, 0.2) is 0 Å². The van der Waals surface area contributed by atoms with Gasteiger partial charge < -0.3 is 9.30 Å². The third kappa shape index (κ3) is 3.92. The number of benzene rings is 1. The Kier molecular flexibility index (Phi) is 4.11. The molecule has 3 rings (SSSR count). The predicted molar refractivity (Wildman–Crippen MR) is 90.5 cm³/mol. The average Bonchev–Trinajstić information content (AvgIpc) is 2.89. The van der Waals surface area contributed by atoms with E-state index in [1.165, 1.54) is 18.7 Å². The number of ether oxygens (including phenoxy) is 1. The number of imidazole rings is 1. The monoisotopic (exact) mass is 313 g/mol. The molecule has 2 heterocycles. The van der Waals surface area contributed by atoms with E-state index in [-0.39, 0.29) is 0 Å². The van der Waals surface area contributed by atoms with E-state index in [1.54, 1.807) is 0 Å². The summed E-state index contributed by atoms with van der Waals surface area (Å²) >= 11 is 0. The van der Waals surface area contributed by atoms with Gasteiger partial charge in [-0.3, -0.25) is 5.32 Å². The van der Waals surface area contributed by atoms with Gasteiger partial charge in [-0.2, -0.15) is 0 Å². The van der Waals surface area contributed by atoms with Gasteiger partial charge in [-0.15, -0.1) is 0 Å². The Hall–Kier alpha value is -2.30. The molecule has 1 N–H and O–H groups in total. The molecule has 23 heavy (non-hydrogen) atoms. The first-order valence-corrected chi connectivity index (χ1v) is 8.07. The minimum atomic E-state index is -0.500. The summed E-state index contributed by atoms with van der Waals surface area (Å²) < 4.78 is 7.49. The Labute approximate surface area is 136 Å². The fourth-order valence-electron chi connectivity index (χ4n) is 2.70. The molecule has 1 aliphatic rings. The van der Waals surface area contributed by atoms with Crippen LogP contribution in [-0.2, 0) is 17.7 Å².